The van der Waals surface area contributed by atoms with Gasteiger partial charge in [-0.05, 0) is 138 Å². The van der Waals surface area contributed by atoms with Crippen molar-refractivity contribution < 1.29 is 0 Å². The fraction of sp³-hybridized carbons (Fsp3) is 0.429. The van der Waals surface area contributed by atoms with Crippen molar-refractivity contribution in [2.24, 2.45) is 0 Å². The third-order valence-corrected chi connectivity index (χ3v) is 13.4. The van der Waals surface area contributed by atoms with Crippen LogP contribution in [0.15, 0.2) is 60.7 Å². The van der Waals surface area contributed by atoms with Crippen molar-refractivity contribution in [3.05, 3.63) is 117 Å². The van der Waals surface area contributed by atoms with Gasteiger partial charge in [-0.15, -0.1) is 0 Å². The maximum Gasteiger partial charge on any atom is 0.0771 e. The molecule has 0 saturated carbocycles. The zero-order valence-electron chi connectivity index (χ0n) is 38.6. The summed E-state index contributed by atoms with van der Waals surface area (Å²) >= 11 is 0. The van der Waals surface area contributed by atoms with Gasteiger partial charge in [-0.3, -0.25) is 0 Å². The predicted molar refractivity (Wildman–Crippen MR) is 261 cm³/mol. The zero-order chi connectivity index (χ0) is 42.5. The number of unbranched alkanes of at least 4 members (excludes halogenated alkanes) is 2. The number of aromatic nitrogens is 4. The van der Waals surface area contributed by atoms with Crippen LogP contribution in [0.25, 0.3) is 66.6 Å². The summed E-state index contributed by atoms with van der Waals surface area (Å²) in [5, 5.41) is 0. The second-order valence-electron chi connectivity index (χ2n) is 16.7. The quantitative estimate of drug-likeness (QED) is 0.104. The molecule has 8 bridgehead atoms. The molecule has 0 radical (unpaired) electrons. The number of fused-ring (bicyclic) bond motifs is 8. The van der Waals surface area contributed by atoms with E-state index < -0.39 is 0 Å². The third kappa shape index (κ3) is 7.43. The minimum absolute atomic E-state index is 0.920. The number of aromatic amines is 2. The van der Waals surface area contributed by atoms with Gasteiger partial charge in [0.2, 0.25) is 0 Å². The number of benzene rings is 2. The molecule has 7 rings (SSSR count). The van der Waals surface area contributed by atoms with Crippen LogP contribution in [0.1, 0.15) is 177 Å². The number of nitrogens with one attached hydrogen (secondary N) is 2. The highest BCUT2D eigenvalue weighted by atomic mass is 14.8. The first-order valence-electron chi connectivity index (χ1n) is 23.8. The molecular formula is C56H70N4. The van der Waals surface area contributed by atoms with E-state index in [0.29, 0.717) is 0 Å². The van der Waals surface area contributed by atoms with Crippen molar-refractivity contribution >= 4 is 44.4 Å². The molecule has 2 N–H and O–H groups in total. The second-order valence-corrected chi connectivity index (χ2v) is 16.7. The highest BCUT2D eigenvalue weighted by Crippen LogP contribution is 2.48. The number of allylic oxidation sites excluding steroid dienone is 4. The lowest BCUT2D eigenvalue weighted by Gasteiger charge is -2.12. The topological polar surface area (TPSA) is 57.4 Å². The van der Waals surface area contributed by atoms with Crippen LogP contribution in [0.2, 0.25) is 0 Å². The van der Waals surface area contributed by atoms with E-state index >= 15 is 0 Å². The zero-order valence-corrected chi connectivity index (χ0v) is 38.6. The highest BCUT2D eigenvalue weighted by molar-refractivity contribution is 6.05. The summed E-state index contributed by atoms with van der Waals surface area (Å²) in [7, 11) is 0. The van der Waals surface area contributed by atoms with E-state index in [0.717, 1.165) is 101 Å². The van der Waals surface area contributed by atoms with Crippen LogP contribution in [-0.2, 0) is 38.5 Å². The molecule has 4 nitrogen and oxygen atoms in total. The van der Waals surface area contributed by atoms with Gasteiger partial charge in [-0.1, -0.05) is 143 Å². The van der Waals surface area contributed by atoms with E-state index in [1.165, 1.54) is 111 Å². The van der Waals surface area contributed by atoms with Gasteiger partial charge >= 0.3 is 0 Å². The van der Waals surface area contributed by atoms with Gasteiger partial charge in [0.15, 0.2) is 0 Å². The SMILES string of the molecule is CCCCc1c2nc(c(-c3ccccc3)c3[nH]c(c(CC)c3CC)c(CCCC)c3[nH]c(c(CC)c3CC)c(-c3ccccc3)c3nc1C(CC)=C3CC)C(CC)=C2CC. The Morgan fingerprint density at radius 3 is 1.02 bits per heavy atom. The van der Waals surface area contributed by atoms with Gasteiger partial charge in [0.1, 0.15) is 0 Å². The Bertz CT molecular complexity index is 2410. The molecule has 0 spiro atoms. The standard InChI is InChI=1S/C56H70N4/c1-11-21-33-45-49-37(13-3)41(17-7)53(57-49)47(35-29-25-23-26-30-35)55-43(19-9)39(15-5)51(59-55)46(34-22-12-2)52-40(16-6)44(20-10)56(60-52)48(36-31-27-24-28-32-36)54-42(18-8)38(14-4)50(45)58-54/h23-32,57-58H,11-22,33-34H2,1-10H3. The molecule has 0 amide bonds. The lowest BCUT2D eigenvalue weighted by molar-refractivity contribution is 0.786. The molecular weight excluding hydrogens is 729 g/mol. The molecule has 314 valence electrons. The van der Waals surface area contributed by atoms with E-state index in [1.54, 1.807) is 0 Å². The van der Waals surface area contributed by atoms with Crippen molar-refractivity contribution in [2.75, 3.05) is 0 Å². The first-order chi connectivity index (χ1) is 29.4. The van der Waals surface area contributed by atoms with E-state index in [1.807, 2.05) is 0 Å². The van der Waals surface area contributed by atoms with Gasteiger partial charge in [-0.2, -0.15) is 0 Å². The fourth-order valence-corrected chi connectivity index (χ4v) is 10.6. The Morgan fingerprint density at radius 2 is 0.683 bits per heavy atom. The summed E-state index contributed by atoms with van der Waals surface area (Å²) in [5.74, 6) is 0. The van der Waals surface area contributed by atoms with Crippen LogP contribution in [0.5, 0.6) is 0 Å². The van der Waals surface area contributed by atoms with Crippen molar-refractivity contribution in [3.8, 4) is 22.3 Å². The van der Waals surface area contributed by atoms with E-state index in [-0.39, 0.29) is 0 Å². The number of rotatable bonds is 16. The van der Waals surface area contributed by atoms with Crippen LogP contribution in [0.3, 0.4) is 0 Å². The van der Waals surface area contributed by atoms with Gasteiger partial charge in [0, 0.05) is 27.7 Å². The molecule has 0 atom stereocenters. The Kier molecular flexibility index (Phi) is 13.8. The van der Waals surface area contributed by atoms with Gasteiger partial charge in [0.25, 0.3) is 0 Å². The number of hydrogen-bond donors (Lipinski definition) is 2. The first kappa shape index (κ1) is 43.1. The van der Waals surface area contributed by atoms with Crippen molar-refractivity contribution in [2.45, 2.75) is 159 Å². The van der Waals surface area contributed by atoms with Crippen LogP contribution < -0.4 is 0 Å². The Morgan fingerprint density at radius 1 is 0.350 bits per heavy atom. The average Bonchev–Trinajstić information content (AvgIpc) is 4.05. The summed E-state index contributed by atoms with van der Waals surface area (Å²) in [6.07, 6.45) is 13.9. The highest BCUT2D eigenvalue weighted by Gasteiger charge is 2.31. The minimum atomic E-state index is 0.920. The lowest BCUT2D eigenvalue weighted by Crippen LogP contribution is -2.00. The largest absolute Gasteiger partial charge is 0.354 e. The maximum atomic E-state index is 5.96. The van der Waals surface area contributed by atoms with E-state index in [9.17, 15) is 0 Å². The predicted octanol–water partition coefficient (Wildman–Crippen LogP) is 16.0. The molecule has 5 heterocycles. The van der Waals surface area contributed by atoms with Crippen LogP contribution in [0.4, 0.5) is 0 Å². The van der Waals surface area contributed by atoms with Gasteiger partial charge < -0.3 is 9.97 Å². The summed E-state index contributed by atoms with van der Waals surface area (Å²) in [4.78, 5) is 20.5. The minimum Gasteiger partial charge on any atom is -0.354 e. The lowest BCUT2D eigenvalue weighted by atomic mass is 9.89. The number of H-pyrrole nitrogens is 2. The normalized spacial score (nSPS) is 13.0. The molecule has 5 aromatic rings. The molecule has 2 aliphatic heterocycles. The molecule has 0 saturated heterocycles. The third-order valence-electron chi connectivity index (χ3n) is 13.4. The average molecular weight is 799 g/mol. The number of aryl methyl sites for hydroxylation is 5. The molecule has 3 aromatic heterocycles. The Labute approximate surface area is 361 Å². The smallest absolute Gasteiger partial charge is 0.0771 e. The van der Waals surface area contributed by atoms with Crippen LogP contribution >= 0.6 is 0 Å². The summed E-state index contributed by atoms with van der Waals surface area (Å²) in [6, 6.07) is 22.3. The second kappa shape index (κ2) is 19.2. The number of nitrogens with zero attached hydrogens (tertiary/aromatic N) is 2. The molecule has 4 heteroatoms. The first-order valence-corrected chi connectivity index (χ1v) is 23.8. The molecule has 2 aliphatic rings. The monoisotopic (exact) mass is 799 g/mol. The maximum absolute atomic E-state index is 5.96. The van der Waals surface area contributed by atoms with E-state index in [4.69, 9.17) is 9.97 Å². The molecule has 2 aromatic carbocycles. The molecule has 0 aliphatic carbocycles. The molecule has 0 fully saturated rings. The fourth-order valence-electron chi connectivity index (χ4n) is 10.6. The van der Waals surface area contributed by atoms with Crippen molar-refractivity contribution in [1.29, 1.82) is 0 Å². The molecule has 0 unspecified atom stereocenters. The van der Waals surface area contributed by atoms with E-state index in [2.05, 4.69) is 140 Å². The summed E-state index contributed by atoms with van der Waals surface area (Å²) < 4.78 is 0. The van der Waals surface area contributed by atoms with Crippen molar-refractivity contribution in [3.63, 3.8) is 0 Å². The molecule has 60 heavy (non-hydrogen) atoms. The summed E-state index contributed by atoms with van der Waals surface area (Å²) in [5.41, 5.74) is 28.6. The van der Waals surface area contributed by atoms with Crippen molar-refractivity contribution in [1.82, 2.24) is 19.9 Å². The Balaban J connectivity index is 1.91. The van der Waals surface area contributed by atoms with Gasteiger partial charge in [0.05, 0.1) is 33.8 Å². The number of hydrogen-bond acceptors (Lipinski definition) is 2. The van der Waals surface area contributed by atoms with Crippen LogP contribution in [0, 0.1) is 0 Å². The van der Waals surface area contributed by atoms with Gasteiger partial charge in [-0.25, -0.2) is 9.97 Å². The van der Waals surface area contributed by atoms with Crippen LogP contribution in [-0.4, -0.2) is 19.9 Å². The summed E-state index contributed by atoms with van der Waals surface area (Å²) in [6.45, 7) is 23.4. The Hall–Kier alpha value is -4.96.